The molecule has 1 aliphatic carbocycles. The summed E-state index contributed by atoms with van der Waals surface area (Å²) in [7, 11) is 0. The minimum atomic E-state index is -0.388. The summed E-state index contributed by atoms with van der Waals surface area (Å²) < 4.78 is 10.4. The molecule has 2 aliphatic rings. The van der Waals surface area contributed by atoms with Gasteiger partial charge in [-0.15, -0.1) is 10.2 Å². The molecular weight excluding hydrogens is 620 g/mol. The third-order valence-corrected chi connectivity index (χ3v) is 9.25. The number of aliphatic imine (C=N–C) groups is 1. The van der Waals surface area contributed by atoms with E-state index in [-0.39, 0.29) is 30.2 Å². The van der Waals surface area contributed by atoms with Crippen molar-refractivity contribution in [3.8, 4) is 5.75 Å². The molecule has 13 heteroatoms. The lowest BCUT2D eigenvalue weighted by molar-refractivity contribution is 0.171. The molecule has 5 N–H and O–H groups in total. The molecule has 13 nitrogen and oxygen atoms in total. The first-order valence-electron chi connectivity index (χ1n) is 17.2. The molecule has 0 saturated carbocycles. The van der Waals surface area contributed by atoms with Gasteiger partial charge in [-0.2, -0.15) is 5.10 Å². The van der Waals surface area contributed by atoms with E-state index >= 15 is 0 Å². The molecule has 1 saturated heterocycles. The van der Waals surface area contributed by atoms with Crippen molar-refractivity contribution in [2.24, 2.45) is 16.1 Å². The molecule has 6 rings (SSSR count). The van der Waals surface area contributed by atoms with Crippen LogP contribution in [0.4, 0.5) is 16.4 Å². The highest BCUT2D eigenvalue weighted by Crippen LogP contribution is 2.39. The van der Waals surface area contributed by atoms with E-state index in [0.29, 0.717) is 49.1 Å². The lowest BCUT2D eigenvalue weighted by Gasteiger charge is -2.33. The van der Waals surface area contributed by atoms with Crippen LogP contribution in [-0.4, -0.2) is 60.5 Å². The van der Waals surface area contributed by atoms with Gasteiger partial charge in [0, 0.05) is 42.9 Å². The second kappa shape index (κ2) is 14.7. The van der Waals surface area contributed by atoms with Gasteiger partial charge in [-0.3, -0.25) is 14.4 Å². The van der Waals surface area contributed by atoms with E-state index in [9.17, 15) is 4.79 Å². The molecule has 0 spiro atoms. The smallest absolute Gasteiger partial charge is 0.320 e. The van der Waals surface area contributed by atoms with Crippen molar-refractivity contribution in [1.82, 2.24) is 35.0 Å². The Morgan fingerprint density at radius 2 is 1.92 bits per heavy atom. The average molecular weight is 669 g/mol. The molecule has 3 aromatic heterocycles. The quantitative estimate of drug-likeness (QED) is 0.133. The molecule has 4 heterocycles. The second-order valence-corrected chi connectivity index (χ2v) is 14.0. The van der Waals surface area contributed by atoms with Crippen molar-refractivity contribution in [3.05, 3.63) is 77.9 Å². The predicted octanol–water partition coefficient (Wildman–Crippen LogP) is 5.56. The highest BCUT2D eigenvalue weighted by Gasteiger charge is 2.30. The zero-order valence-corrected chi connectivity index (χ0v) is 28.8. The minimum Gasteiger partial charge on any atom is -0.484 e. The number of hydrogen-bond acceptors (Lipinski definition) is 9. The molecule has 0 radical (unpaired) electrons. The number of allylic oxidation sites excluding steroid dienone is 1. The molecule has 4 aromatic rings. The van der Waals surface area contributed by atoms with Crippen molar-refractivity contribution in [2.75, 3.05) is 18.1 Å². The first-order valence-corrected chi connectivity index (χ1v) is 17.2. The van der Waals surface area contributed by atoms with Crippen LogP contribution in [0.5, 0.6) is 5.75 Å². The summed E-state index contributed by atoms with van der Waals surface area (Å²) in [6.07, 6.45) is 12.4. The lowest BCUT2D eigenvalue weighted by atomic mass is 9.85. The van der Waals surface area contributed by atoms with Gasteiger partial charge in [0.2, 0.25) is 5.95 Å². The van der Waals surface area contributed by atoms with Crippen molar-refractivity contribution in [1.29, 1.82) is 0 Å². The third kappa shape index (κ3) is 8.05. The maximum absolute atomic E-state index is 13.5. The van der Waals surface area contributed by atoms with E-state index in [1.54, 1.807) is 23.2 Å². The van der Waals surface area contributed by atoms with Crippen LogP contribution in [0.3, 0.4) is 0 Å². The Bertz CT molecular complexity index is 1820. The molecular formula is C36H48N10O3. The number of nitrogens with two attached hydrogens (primary N) is 1. The molecule has 1 fully saturated rings. The monoisotopic (exact) mass is 668 g/mol. The zero-order valence-electron chi connectivity index (χ0n) is 28.8. The number of pyridine rings is 1. The Kier molecular flexibility index (Phi) is 10.2. The number of rotatable bonds is 9. The van der Waals surface area contributed by atoms with Gasteiger partial charge in [0.1, 0.15) is 23.4 Å². The topological polar surface area (TPSA) is 160 Å². The maximum Gasteiger partial charge on any atom is 0.320 e. The number of aromatic nitrogens is 5. The number of ether oxygens (including phenoxy) is 1. The van der Waals surface area contributed by atoms with Crippen molar-refractivity contribution >= 4 is 29.1 Å². The number of fused-ring (bicyclic) bond motifs is 2. The van der Waals surface area contributed by atoms with Gasteiger partial charge in [0.15, 0.2) is 5.65 Å². The van der Waals surface area contributed by atoms with Gasteiger partial charge >= 0.3 is 6.03 Å². The molecule has 1 aromatic carbocycles. The number of carbonyl (C=O) groups is 1. The first-order chi connectivity index (χ1) is 23.6. The van der Waals surface area contributed by atoms with Crippen molar-refractivity contribution < 1.29 is 14.6 Å². The standard InChI is InChI=1S/C36H48N10O3/c1-24-10-7-8-18-45(24)35-43-42-33-16-13-26(23-46(33)35)49-30-15-14-29(27-11-5-6-12-28(27)30)40-34(48)41-32(20-31(37)36(2,3)4)39-25-21-38-44(22-25)17-9-19-47/h5-6,11-13,16,20-24,29-30,47H,7-10,14-15,17-19,37H2,1-4H3,(H2,39,40,41,48). The van der Waals surface area contributed by atoms with Gasteiger partial charge in [-0.1, -0.05) is 45.0 Å². The number of piperidine rings is 1. The fraction of sp³-hybridized carbons (Fsp3) is 0.472. The summed E-state index contributed by atoms with van der Waals surface area (Å²) in [6.45, 7) is 9.85. The van der Waals surface area contributed by atoms with E-state index in [2.05, 4.69) is 48.8 Å². The van der Waals surface area contributed by atoms with Crippen LogP contribution in [0, 0.1) is 5.41 Å². The van der Waals surface area contributed by atoms with Gasteiger partial charge in [0.05, 0.1) is 24.6 Å². The molecule has 3 unspecified atom stereocenters. The van der Waals surface area contributed by atoms with Crippen LogP contribution in [0.25, 0.3) is 5.65 Å². The number of aryl methyl sites for hydroxylation is 1. The van der Waals surface area contributed by atoms with Gasteiger partial charge in [0.25, 0.3) is 0 Å². The Balaban J connectivity index is 1.18. The van der Waals surface area contributed by atoms with E-state index in [1.807, 2.05) is 61.7 Å². The number of urea groups is 1. The first kappa shape index (κ1) is 34.0. The number of hydrogen-bond donors (Lipinski definition) is 4. The summed E-state index contributed by atoms with van der Waals surface area (Å²) in [5, 5.41) is 28.5. The number of aliphatic hydroxyl groups is 1. The second-order valence-electron chi connectivity index (χ2n) is 14.0. The Morgan fingerprint density at radius 3 is 2.69 bits per heavy atom. The largest absolute Gasteiger partial charge is 0.484 e. The summed E-state index contributed by atoms with van der Waals surface area (Å²) in [4.78, 5) is 20.5. The number of carbonyl (C=O) groups excluding carboxylic acids is 1. The number of aliphatic hydroxyl groups excluding tert-OH is 1. The fourth-order valence-corrected chi connectivity index (χ4v) is 6.38. The molecule has 3 atom stereocenters. The van der Waals surface area contributed by atoms with Crippen LogP contribution in [0.2, 0.25) is 0 Å². The molecule has 49 heavy (non-hydrogen) atoms. The lowest BCUT2D eigenvalue weighted by Crippen LogP contribution is -2.42. The number of amides is 2. The molecule has 260 valence electrons. The van der Waals surface area contributed by atoms with Crippen LogP contribution in [0.1, 0.15) is 89.5 Å². The Morgan fingerprint density at radius 1 is 1.10 bits per heavy atom. The average Bonchev–Trinajstić information content (AvgIpc) is 3.71. The van der Waals surface area contributed by atoms with Crippen LogP contribution in [-0.2, 0) is 6.54 Å². The SMILES string of the molecule is CC1CCCCN1c1nnc2ccc(OC3CCC(NC(=O)NC(C=C(N)C(C)(C)C)=Nc4cnn(CCCO)c4)c4ccccc43)cn12. The number of anilines is 1. The predicted molar refractivity (Wildman–Crippen MR) is 190 cm³/mol. The van der Waals surface area contributed by atoms with Gasteiger partial charge in [-0.25, -0.2) is 9.79 Å². The van der Waals surface area contributed by atoms with Crippen molar-refractivity contribution in [3.63, 3.8) is 0 Å². The minimum absolute atomic E-state index is 0.0749. The molecule has 2 amide bonds. The number of nitrogens with zero attached hydrogens (tertiary/aromatic N) is 7. The van der Waals surface area contributed by atoms with Crippen LogP contribution in [0.15, 0.2) is 71.8 Å². The Labute approximate surface area is 287 Å². The van der Waals surface area contributed by atoms with Gasteiger partial charge in [-0.05, 0) is 68.7 Å². The van der Waals surface area contributed by atoms with E-state index < -0.39 is 0 Å². The summed E-state index contributed by atoms with van der Waals surface area (Å²) in [5.41, 5.74) is 10.0. The summed E-state index contributed by atoms with van der Waals surface area (Å²) in [5.74, 6) is 1.90. The molecule has 0 bridgehead atoms. The van der Waals surface area contributed by atoms with Crippen LogP contribution < -0.4 is 26.0 Å². The summed E-state index contributed by atoms with van der Waals surface area (Å²) >= 11 is 0. The zero-order chi connectivity index (χ0) is 34.5. The van der Waals surface area contributed by atoms with E-state index in [1.165, 1.54) is 6.42 Å². The maximum atomic E-state index is 13.5. The number of benzene rings is 1. The summed E-state index contributed by atoms with van der Waals surface area (Å²) in [6, 6.07) is 11.8. The van der Waals surface area contributed by atoms with Crippen LogP contribution >= 0.6 is 0 Å². The fourth-order valence-electron chi connectivity index (χ4n) is 6.38. The normalized spacial score (nSPS) is 20.3. The number of nitrogens with one attached hydrogen (secondary N) is 2. The van der Waals surface area contributed by atoms with E-state index in [4.69, 9.17) is 15.6 Å². The third-order valence-electron chi connectivity index (χ3n) is 9.25. The molecule has 1 aliphatic heterocycles. The number of amidine groups is 1. The van der Waals surface area contributed by atoms with E-state index in [0.717, 1.165) is 47.9 Å². The highest BCUT2D eigenvalue weighted by molar-refractivity contribution is 6.05. The van der Waals surface area contributed by atoms with Crippen molar-refractivity contribution in [2.45, 2.75) is 91.0 Å². The Hall–Kier alpha value is -4.91. The van der Waals surface area contributed by atoms with Gasteiger partial charge < -0.3 is 25.8 Å². The highest BCUT2D eigenvalue weighted by atomic mass is 16.5.